The first kappa shape index (κ1) is 14.1. The summed E-state index contributed by atoms with van der Waals surface area (Å²) >= 11 is 5.85. The van der Waals surface area contributed by atoms with Crippen LogP contribution in [-0.4, -0.2) is 18.4 Å². The zero-order valence-electron chi connectivity index (χ0n) is 9.74. The summed E-state index contributed by atoms with van der Waals surface area (Å²) in [6.07, 6.45) is 1.61. The highest BCUT2D eigenvalue weighted by molar-refractivity contribution is 7.91. The molecule has 2 aromatic rings. The van der Waals surface area contributed by atoms with Gasteiger partial charge in [0.2, 0.25) is 10.0 Å². The van der Waals surface area contributed by atoms with Crippen molar-refractivity contribution < 1.29 is 8.42 Å². The minimum absolute atomic E-state index is 0.142. The quantitative estimate of drug-likeness (QED) is 0.812. The molecule has 8 heteroatoms. The monoisotopic (exact) mass is 313 g/mol. The van der Waals surface area contributed by atoms with E-state index in [1.807, 2.05) is 0 Å². The molecule has 2 rings (SSSR count). The molecule has 3 N–H and O–H groups in total. The van der Waals surface area contributed by atoms with E-state index >= 15 is 0 Å². The van der Waals surface area contributed by atoms with Crippen LogP contribution in [0, 0.1) is 0 Å². The van der Waals surface area contributed by atoms with Gasteiger partial charge < -0.3 is 5.73 Å². The number of hydrogen-bond donors (Lipinski definition) is 2. The molecule has 19 heavy (non-hydrogen) atoms. The van der Waals surface area contributed by atoms with Gasteiger partial charge in [0, 0.05) is 6.20 Å². The number of thiophene rings is 1. The van der Waals surface area contributed by atoms with Crippen molar-refractivity contribution in [1.29, 1.82) is 0 Å². The lowest BCUT2D eigenvalue weighted by Gasteiger charge is -2.03. The Kier molecular flexibility index (Phi) is 4.25. The lowest BCUT2D eigenvalue weighted by molar-refractivity contribution is 0.582. The topological polar surface area (TPSA) is 85.1 Å². The standard InChI is InChI=1S/C11H11N3O2S3/c12-11(17)9-4-5-10(18-9)19(15,16)14-7-8-3-1-2-6-13-8/h1-6,14H,7H2,(H2,12,17). The Balaban J connectivity index is 2.12. The average molecular weight is 313 g/mol. The summed E-state index contributed by atoms with van der Waals surface area (Å²) in [5, 5.41) is 0. The Labute approximate surface area is 120 Å². The van der Waals surface area contributed by atoms with Crippen molar-refractivity contribution in [2.45, 2.75) is 10.8 Å². The molecule has 0 radical (unpaired) electrons. The molecule has 0 atom stereocenters. The van der Waals surface area contributed by atoms with Crippen molar-refractivity contribution in [2.24, 2.45) is 5.73 Å². The van der Waals surface area contributed by atoms with Crippen LogP contribution in [0.25, 0.3) is 0 Å². The second kappa shape index (κ2) is 5.74. The molecule has 0 saturated heterocycles. The van der Waals surface area contributed by atoms with Crippen LogP contribution in [0.4, 0.5) is 0 Å². The predicted octanol–water partition coefficient (Wildman–Crippen LogP) is 1.26. The molecule has 0 unspecified atom stereocenters. The maximum Gasteiger partial charge on any atom is 0.250 e. The van der Waals surface area contributed by atoms with Gasteiger partial charge in [0.05, 0.1) is 17.1 Å². The van der Waals surface area contributed by atoms with Gasteiger partial charge in [0.1, 0.15) is 9.20 Å². The Morgan fingerprint density at radius 2 is 2.16 bits per heavy atom. The summed E-state index contributed by atoms with van der Waals surface area (Å²) in [7, 11) is -3.56. The Morgan fingerprint density at radius 3 is 2.74 bits per heavy atom. The zero-order chi connectivity index (χ0) is 13.9. The van der Waals surface area contributed by atoms with Crippen LogP contribution in [0.2, 0.25) is 0 Å². The Bertz CT molecular complexity index is 680. The number of hydrogen-bond acceptors (Lipinski definition) is 5. The van der Waals surface area contributed by atoms with E-state index in [2.05, 4.69) is 9.71 Å². The van der Waals surface area contributed by atoms with Crippen LogP contribution in [-0.2, 0) is 16.6 Å². The van der Waals surface area contributed by atoms with Gasteiger partial charge in [-0.1, -0.05) is 18.3 Å². The van der Waals surface area contributed by atoms with Crippen molar-refractivity contribution in [3.8, 4) is 0 Å². The van der Waals surface area contributed by atoms with E-state index in [9.17, 15) is 8.42 Å². The third-order valence-corrected chi connectivity index (χ3v) is 5.62. The lowest BCUT2D eigenvalue weighted by Crippen LogP contribution is -2.22. The molecule has 0 aromatic carbocycles. The first-order valence-electron chi connectivity index (χ1n) is 5.28. The molecule has 100 valence electrons. The molecule has 0 aliphatic carbocycles. The average Bonchev–Trinajstić information content (AvgIpc) is 2.88. The van der Waals surface area contributed by atoms with Crippen LogP contribution < -0.4 is 10.5 Å². The highest BCUT2D eigenvalue weighted by atomic mass is 32.2. The van der Waals surface area contributed by atoms with Crippen LogP contribution in [0.15, 0.2) is 40.7 Å². The van der Waals surface area contributed by atoms with Gasteiger partial charge in [-0.3, -0.25) is 4.98 Å². The van der Waals surface area contributed by atoms with Gasteiger partial charge >= 0.3 is 0 Å². The highest BCUT2D eigenvalue weighted by Gasteiger charge is 2.17. The molecule has 0 bridgehead atoms. The van der Waals surface area contributed by atoms with Gasteiger partial charge in [0.25, 0.3) is 0 Å². The fraction of sp³-hybridized carbons (Fsp3) is 0.0909. The van der Waals surface area contributed by atoms with Crippen LogP contribution >= 0.6 is 23.6 Å². The van der Waals surface area contributed by atoms with Crippen LogP contribution in [0.5, 0.6) is 0 Å². The third kappa shape index (κ3) is 3.57. The third-order valence-electron chi connectivity index (χ3n) is 2.26. The lowest BCUT2D eigenvalue weighted by atomic mass is 10.4. The summed E-state index contributed by atoms with van der Waals surface area (Å²) in [5.41, 5.74) is 6.10. The van der Waals surface area contributed by atoms with E-state index in [0.717, 1.165) is 11.3 Å². The summed E-state index contributed by atoms with van der Waals surface area (Å²) in [6, 6.07) is 8.40. The molecule has 5 nitrogen and oxygen atoms in total. The zero-order valence-corrected chi connectivity index (χ0v) is 12.2. The molecule has 0 fully saturated rings. The Hall–Kier alpha value is -1.35. The van der Waals surface area contributed by atoms with Gasteiger partial charge in [-0.2, -0.15) is 0 Å². The van der Waals surface area contributed by atoms with Crippen LogP contribution in [0.3, 0.4) is 0 Å². The van der Waals surface area contributed by atoms with Crippen molar-refractivity contribution in [3.63, 3.8) is 0 Å². The van der Waals surface area contributed by atoms with Crippen LogP contribution in [0.1, 0.15) is 10.6 Å². The Morgan fingerprint density at radius 1 is 1.37 bits per heavy atom. The van der Waals surface area contributed by atoms with Gasteiger partial charge in [0.15, 0.2) is 0 Å². The molecule has 0 spiro atoms. The largest absolute Gasteiger partial charge is 0.389 e. The molecular weight excluding hydrogens is 302 g/mol. The van der Waals surface area contributed by atoms with E-state index in [4.69, 9.17) is 18.0 Å². The summed E-state index contributed by atoms with van der Waals surface area (Å²) in [4.78, 5) is 4.81. The minimum atomic E-state index is -3.56. The van der Waals surface area contributed by atoms with E-state index in [-0.39, 0.29) is 15.7 Å². The van der Waals surface area contributed by atoms with E-state index < -0.39 is 10.0 Å². The van der Waals surface area contributed by atoms with Crippen molar-refractivity contribution in [2.75, 3.05) is 0 Å². The number of nitrogens with one attached hydrogen (secondary N) is 1. The second-order valence-corrected chi connectivity index (χ2v) is 7.15. The minimum Gasteiger partial charge on any atom is -0.389 e. The molecular formula is C11H11N3O2S3. The van der Waals surface area contributed by atoms with Crippen molar-refractivity contribution in [1.82, 2.24) is 9.71 Å². The number of thiocarbonyl (C=S) groups is 1. The summed E-state index contributed by atoms with van der Waals surface area (Å²) in [6.45, 7) is 0.142. The fourth-order valence-electron chi connectivity index (χ4n) is 1.34. The number of sulfonamides is 1. The molecule has 0 amide bonds. The first-order chi connectivity index (χ1) is 8.99. The normalized spacial score (nSPS) is 11.4. The SMILES string of the molecule is NC(=S)c1ccc(S(=O)(=O)NCc2ccccn2)s1. The first-order valence-corrected chi connectivity index (χ1v) is 7.99. The molecule has 0 saturated carbocycles. The van der Waals surface area contributed by atoms with E-state index in [1.54, 1.807) is 30.5 Å². The van der Waals surface area contributed by atoms with E-state index in [0.29, 0.717) is 10.6 Å². The van der Waals surface area contributed by atoms with Crippen molar-refractivity contribution in [3.05, 3.63) is 47.1 Å². The van der Waals surface area contributed by atoms with Gasteiger partial charge in [-0.15, -0.1) is 11.3 Å². The van der Waals surface area contributed by atoms with Gasteiger partial charge in [-0.05, 0) is 24.3 Å². The maximum absolute atomic E-state index is 12.0. The smallest absolute Gasteiger partial charge is 0.250 e. The molecule has 0 aliphatic heterocycles. The number of aromatic nitrogens is 1. The number of rotatable bonds is 5. The highest BCUT2D eigenvalue weighted by Crippen LogP contribution is 2.21. The molecule has 0 aliphatic rings. The summed E-state index contributed by atoms with van der Waals surface area (Å²) < 4.78 is 26.7. The molecule has 2 heterocycles. The number of pyridine rings is 1. The maximum atomic E-state index is 12.0. The predicted molar refractivity (Wildman–Crippen MR) is 78.5 cm³/mol. The number of nitrogens with two attached hydrogens (primary N) is 1. The second-order valence-electron chi connectivity index (χ2n) is 3.63. The molecule has 2 aromatic heterocycles. The van der Waals surface area contributed by atoms with Crippen molar-refractivity contribution >= 4 is 38.6 Å². The number of nitrogens with zero attached hydrogens (tertiary/aromatic N) is 1. The fourth-order valence-corrected chi connectivity index (χ4v) is 3.73. The van der Waals surface area contributed by atoms with E-state index in [1.165, 1.54) is 6.07 Å². The summed E-state index contributed by atoms with van der Waals surface area (Å²) in [5.74, 6) is 0. The van der Waals surface area contributed by atoms with Gasteiger partial charge in [-0.25, -0.2) is 13.1 Å².